The van der Waals surface area contributed by atoms with Crippen molar-refractivity contribution in [3.8, 4) is 0 Å². The van der Waals surface area contributed by atoms with Crippen molar-refractivity contribution in [3.63, 3.8) is 0 Å². The van der Waals surface area contributed by atoms with Crippen LogP contribution in [0.1, 0.15) is 46.0 Å². The monoisotopic (exact) mass is 143 g/mol. The molecule has 10 heavy (non-hydrogen) atoms. The minimum atomic E-state index is 0.270. The van der Waals surface area contributed by atoms with Crippen LogP contribution < -0.4 is 0 Å². The molecule has 0 saturated carbocycles. The van der Waals surface area contributed by atoms with Crippen LogP contribution in [0.5, 0.6) is 0 Å². The zero-order valence-electron chi connectivity index (χ0n) is 7.19. The van der Waals surface area contributed by atoms with E-state index in [1.165, 1.54) is 31.6 Å². The standard InChI is InChI=1S/C9H19O/c1-3-4-5-6-7-9(2)8-10/h10H,3-8H2,1-2H3. The summed E-state index contributed by atoms with van der Waals surface area (Å²) in [6.07, 6.45) is 6.29. The van der Waals surface area contributed by atoms with Gasteiger partial charge in [0.25, 0.3) is 0 Å². The summed E-state index contributed by atoms with van der Waals surface area (Å²) >= 11 is 0. The summed E-state index contributed by atoms with van der Waals surface area (Å²) in [6.45, 7) is 4.50. The molecule has 0 aromatic heterocycles. The molecule has 0 unspecified atom stereocenters. The Morgan fingerprint density at radius 3 is 2.40 bits per heavy atom. The topological polar surface area (TPSA) is 20.2 Å². The summed E-state index contributed by atoms with van der Waals surface area (Å²) in [5, 5.41) is 8.65. The van der Waals surface area contributed by atoms with Gasteiger partial charge in [-0.15, -0.1) is 0 Å². The van der Waals surface area contributed by atoms with Crippen molar-refractivity contribution in [2.45, 2.75) is 46.0 Å². The normalized spacial score (nSPS) is 10.8. The lowest BCUT2D eigenvalue weighted by molar-refractivity contribution is 0.301. The minimum Gasteiger partial charge on any atom is -0.396 e. The first kappa shape index (κ1) is 9.96. The van der Waals surface area contributed by atoms with Crippen LogP contribution in [0.3, 0.4) is 0 Å². The maximum atomic E-state index is 8.65. The Hall–Kier alpha value is -0.0400. The maximum Gasteiger partial charge on any atom is 0.0490 e. The molecule has 0 fully saturated rings. The highest BCUT2D eigenvalue weighted by Gasteiger charge is 1.98. The molecule has 0 aromatic rings. The second kappa shape index (κ2) is 7.07. The lowest BCUT2D eigenvalue weighted by Gasteiger charge is -2.04. The first-order valence-corrected chi connectivity index (χ1v) is 4.23. The molecule has 1 N–H and O–H groups in total. The third-order valence-corrected chi connectivity index (χ3v) is 1.73. The predicted molar refractivity (Wildman–Crippen MR) is 44.8 cm³/mol. The maximum absolute atomic E-state index is 8.65. The van der Waals surface area contributed by atoms with Crippen LogP contribution in [0, 0.1) is 5.92 Å². The molecule has 0 rings (SSSR count). The van der Waals surface area contributed by atoms with Crippen molar-refractivity contribution in [1.29, 1.82) is 0 Å². The third-order valence-electron chi connectivity index (χ3n) is 1.73. The first-order valence-electron chi connectivity index (χ1n) is 4.23. The summed E-state index contributed by atoms with van der Waals surface area (Å²) in [5.41, 5.74) is 0. The fraction of sp³-hybridized carbons (Fsp3) is 0.889. The molecule has 0 aromatic carbocycles. The Bertz CT molecular complexity index is 61.7. The van der Waals surface area contributed by atoms with E-state index in [2.05, 4.69) is 6.92 Å². The number of aliphatic hydroxyl groups is 1. The summed E-state index contributed by atoms with van der Waals surface area (Å²) < 4.78 is 0. The highest BCUT2D eigenvalue weighted by atomic mass is 16.3. The molecule has 0 aliphatic carbocycles. The highest BCUT2D eigenvalue weighted by Crippen LogP contribution is 2.10. The zero-order chi connectivity index (χ0) is 7.82. The van der Waals surface area contributed by atoms with Crippen molar-refractivity contribution in [1.82, 2.24) is 0 Å². The van der Waals surface area contributed by atoms with Gasteiger partial charge in [0.15, 0.2) is 0 Å². The number of unbranched alkanes of at least 4 members (excludes halogenated alkanes) is 3. The van der Waals surface area contributed by atoms with Crippen LogP contribution in [0.4, 0.5) is 0 Å². The van der Waals surface area contributed by atoms with Gasteiger partial charge < -0.3 is 5.11 Å². The number of aliphatic hydroxyl groups excluding tert-OH is 1. The zero-order valence-corrected chi connectivity index (χ0v) is 7.19. The second-order valence-electron chi connectivity index (χ2n) is 2.93. The van der Waals surface area contributed by atoms with Gasteiger partial charge in [-0.25, -0.2) is 0 Å². The molecule has 0 aliphatic rings. The molecule has 0 saturated heterocycles. The van der Waals surface area contributed by atoms with E-state index >= 15 is 0 Å². The molecular formula is C9H19O. The number of hydrogen-bond acceptors (Lipinski definition) is 1. The number of rotatable bonds is 6. The van der Waals surface area contributed by atoms with Gasteiger partial charge in [0.1, 0.15) is 0 Å². The molecule has 1 radical (unpaired) electrons. The van der Waals surface area contributed by atoms with E-state index in [0.29, 0.717) is 0 Å². The predicted octanol–water partition coefficient (Wildman–Crippen LogP) is 2.54. The van der Waals surface area contributed by atoms with E-state index in [4.69, 9.17) is 5.11 Å². The van der Waals surface area contributed by atoms with Crippen molar-refractivity contribution in [2.75, 3.05) is 6.61 Å². The lowest BCUT2D eigenvalue weighted by atomic mass is 10.0. The molecule has 61 valence electrons. The van der Waals surface area contributed by atoms with Crippen molar-refractivity contribution in [3.05, 3.63) is 5.92 Å². The van der Waals surface area contributed by atoms with Gasteiger partial charge in [-0.05, 0) is 12.3 Å². The Kier molecular flexibility index (Phi) is 7.04. The molecule has 0 atom stereocenters. The van der Waals surface area contributed by atoms with Crippen LogP contribution in [0.2, 0.25) is 0 Å². The van der Waals surface area contributed by atoms with Gasteiger partial charge in [-0.1, -0.05) is 39.5 Å². The Labute approximate surface area is 64.5 Å². The molecular weight excluding hydrogens is 124 g/mol. The molecule has 0 bridgehead atoms. The van der Waals surface area contributed by atoms with Crippen LogP contribution in [0.25, 0.3) is 0 Å². The Morgan fingerprint density at radius 2 is 1.90 bits per heavy atom. The molecule has 0 heterocycles. The van der Waals surface area contributed by atoms with Crippen LogP contribution >= 0.6 is 0 Å². The van der Waals surface area contributed by atoms with E-state index in [1.807, 2.05) is 6.92 Å². The van der Waals surface area contributed by atoms with Crippen LogP contribution in [0.15, 0.2) is 0 Å². The van der Waals surface area contributed by atoms with E-state index in [-0.39, 0.29) is 6.61 Å². The summed E-state index contributed by atoms with van der Waals surface area (Å²) in [4.78, 5) is 0. The second-order valence-corrected chi connectivity index (χ2v) is 2.93. The summed E-state index contributed by atoms with van der Waals surface area (Å²) in [5.74, 6) is 1.22. The van der Waals surface area contributed by atoms with Gasteiger partial charge in [-0.2, -0.15) is 0 Å². The Balaban J connectivity index is 2.89. The summed E-state index contributed by atoms with van der Waals surface area (Å²) in [6, 6.07) is 0. The average molecular weight is 143 g/mol. The largest absolute Gasteiger partial charge is 0.396 e. The van der Waals surface area contributed by atoms with Crippen molar-refractivity contribution in [2.24, 2.45) is 0 Å². The molecule has 0 aliphatic heterocycles. The SMILES string of the molecule is CCCCCC[C](C)CO. The van der Waals surface area contributed by atoms with Gasteiger partial charge in [0, 0.05) is 6.61 Å². The fourth-order valence-electron chi connectivity index (χ4n) is 0.933. The van der Waals surface area contributed by atoms with E-state index in [0.717, 1.165) is 6.42 Å². The third kappa shape index (κ3) is 6.09. The van der Waals surface area contributed by atoms with E-state index in [1.54, 1.807) is 0 Å². The van der Waals surface area contributed by atoms with E-state index in [9.17, 15) is 0 Å². The highest BCUT2D eigenvalue weighted by molar-refractivity contribution is 4.81. The van der Waals surface area contributed by atoms with Gasteiger partial charge in [-0.3, -0.25) is 0 Å². The van der Waals surface area contributed by atoms with Gasteiger partial charge in [0.05, 0.1) is 0 Å². The van der Waals surface area contributed by atoms with Crippen LogP contribution in [-0.2, 0) is 0 Å². The molecule has 0 amide bonds. The number of hydrogen-bond donors (Lipinski definition) is 1. The molecule has 0 spiro atoms. The smallest absolute Gasteiger partial charge is 0.0490 e. The minimum absolute atomic E-state index is 0.270. The average Bonchev–Trinajstić information content (AvgIpc) is 1.98. The van der Waals surface area contributed by atoms with E-state index < -0.39 is 0 Å². The van der Waals surface area contributed by atoms with Crippen LogP contribution in [-0.4, -0.2) is 11.7 Å². The fourth-order valence-corrected chi connectivity index (χ4v) is 0.933. The van der Waals surface area contributed by atoms with Crippen molar-refractivity contribution < 1.29 is 5.11 Å². The molecule has 1 heteroatoms. The Morgan fingerprint density at radius 1 is 1.20 bits per heavy atom. The molecule has 1 nitrogen and oxygen atoms in total. The van der Waals surface area contributed by atoms with Gasteiger partial charge in [0.2, 0.25) is 0 Å². The first-order chi connectivity index (χ1) is 4.81. The lowest BCUT2D eigenvalue weighted by Crippen LogP contribution is -1.96. The van der Waals surface area contributed by atoms with Gasteiger partial charge >= 0.3 is 0 Å². The van der Waals surface area contributed by atoms with Crippen molar-refractivity contribution >= 4 is 0 Å². The summed E-state index contributed by atoms with van der Waals surface area (Å²) in [7, 11) is 0. The quantitative estimate of drug-likeness (QED) is 0.566.